The van der Waals surface area contributed by atoms with E-state index in [2.05, 4.69) is 30.5 Å². The molecule has 0 unspecified atom stereocenters. The normalized spacial score (nSPS) is 11.5. The molecule has 3 aromatic rings. The number of rotatable bonds is 12. The topological polar surface area (TPSA) is 109 Å². The van der Waals surface area contributed by atoms with Crippen LogP contribution in [-0.4, -0.2) is 83.6 Å². The largest absolute Gasteiger partial charge is 0.482 e. The first-order chi connectivity index (χ1) is 17.1. The molecule has 0 aliphatic heterocycles. The molecule has 1 amide bonds. The van der Waals surface area contributed by atoms with Gasteiger partial charge in [0.15, 0.2) is 0 Å². The summed E-state index contributed by atoms with van der Waals surface area (Å²) in [6, 6.07) is 7.46. The van der Waals surface area contributed by atoms with Crippen molar-refractivity contribution < 1.29 is 22.7 Å². The van der Waals surface area contributed by atoms with Crippen LogP contribution in [-0.2, 0) is 9.53 Å². The maximum atomic E-state index is 12.5. The van der Waals surface area contributed by atoms with Gasteiger partial charge in [-0.1, -0.05) is 12.1 Å². The van der Waals surface area contributed by atoms with Gasteiger partial charge in [-0.2, -0.15) is 18.2 Å². The fourth-order valence-electron chi connectivity index (χ4n) is 3.21. The van der Waals surface area contributed by atoms with E-state index in [1.165, 1.54) is 23.8 Å². The second kappa shape index (κ2) is 12.3. The average Bonchev–Trinajstić information content (AvgIpc) is 3.31. The Labute approximate surface area is 206 Å². The van der Waals surface area contributed by atoms with Gasteiger partial charge < -0.3 is 20.3 Å². The van der Waals surface area contributed by atoms with Gasteiger partial charge in [0.2, 0.25) is 11.9 Å². The molecule has 3 N–H and O–H groups in total. The number of carbonyl (C=O) groups excluding carboxylic acids is 1. The molecule has 36 heavy (non-hydrogen) atoms. The van der Waals surface area contributed by atoms with Crippen molar-refractivity contribution in [2.45, 2.75) is 13.2 Å². The molecule has 1 aromatic carbocycles. The highest BCUT2D eigenvalue weighted by Gasteiger charge is 2.26. The molecule has 194 valence electrons. The number of carbonyl (C=O) groups is 1. The van der Waals surface area contributed by atoms with Gasteiger partial charge in [0.25, 0.3) is 0 Å². The van der Waals surface area contributed by atoms with E-state index in [-0.39, 0.29) is 18.1 Å². The number of likely N-dealkylation sites (N-methyl/N-ethyl adjacent to an activating group) is 1. The predicted octanol–water partition coefficient (Wildman–Crippen LogP) is 2.68. The highest BCUT2D eigenvalue weighted by Crippen LogP contribution is 2.24. The number of hydrogen-bond acceptors (Lipinski definition) is 8. The highest BCUT2D eigenvalue weighted by molar-refractivity contribution is 5.80. The molecule has 0 bridgehead atoms. The molecular weight excluding hydrogens is 477 g/mol. The Morgan fingerprint density at radius 2 is 1.92 bits per heavy atom. The molecule has 2 aromatic heterocycles. The lowest BCUT2D eigenvalue weighted by Gasteiger charge is -2.16. The maximum Gasteiger partial charge on any atom is 0.482 e. The summed E-state index contributed by atoms with van der Waals surface area (Å²) in [5.41, 5.74) is 1.80. The first-order valence-electron chi connectivity index (χ1n) is 11.2. The fraction of sp³-hybridized carbons (Fsp3) is 0.391. The Balaban J connectivity index is 1.58. The van der Waals surface area contributed by atoms with Crippen LogP contribution in [0.3, 0.4) is 0 Å². The van der Waals surface area contributed by atoms with Gasteiger partial charge >= 0.3 is 6.30 Å². The van der Waals surface area contributed by atoms with Crippen molar-refractivity contribution in [1.82, 2.24) is 29.7 Å². The third kappa shape index (κ3) is 8.50. The van der Waals surface area contributed by atoms with Crippen LogP contribution in [0.25, 0.3) is 17.2 Å². The number of hydrogen-bond donors (Lipinski definition) is 3. The molecule has 0 aliphatic carbocycles. The van der Waals surface area contributed by atoms with Gasteiger partial charge in [-0.25, -0.2) is 9.97 Å². The van der Waals surface area contributed by atoms with Crippen molar-refractivity contribution in [3.63, 3.8) is 0 Å². The SMILES string of the molecule is COCCN(C)CCNC(=O)CNc1cc(C)nc(-n2cnc(-c3ccc(NC(F)(F)F)cc3)c2)n1. The third-order valence-electron chi connectivity index (χ3n) is 5.05. The molecule has 10 nitrogen and oxygen atoms in total. The molecule has 0 aliphatic rings. The minimum atomic E-state index is -4.50. The minimum absolute atomic E-state index is 0.0468. The van der Waals surface area contributed by atoms with E-state index in [4.69, 9.17) is 4.74 Å². The number of aryl methyl sites for hydroxylation is 1. The van der Waals surface area contributed by atoms with E-state index < -0.39 is 6.30 Å². The van der Waals surface area contributed by atoms with Crippen LogP contribution < -0.4 is 16.0 Å². The number of amides is 1. The lowest BCUT2D eigenvalue weighted by molar-refractivity contribution is -0.119. The van der Waals surface area contributed by atoms with E-state index >= 15 is 0 Å². The zero-order valence-electron chi connectivity index (χ0n) is 20.3. The van der Waals surface area contributed by atoms with Crippen LogP contribution in [0.4, 0.5) is 24.7 Å². The summed E-state index contributed by atoms with van der Waals surface area (Å²) < 4.78 is 44.0. The molecule has 0 spiro atoms. The summed E-state index contributed by atoms with van der Waals surface area (Å²) in [6.45, 7) is 4.48. The third-order valence-corrected chi connectivity index (χ3v) is 5.05. The monoisotopic (exact) mass is 506 g/mol. The van der Waals surface area contributed by atoms with Crippen molar-refractivity contribution in [2.24, 2.45) is 0 Å². The lowest BCUT2D eigenvalue weighted by atomic mass is 10.1. The molecule has 0 atom stereocenters. The number of nitrogens with one attached hydrogen (secondary N) is 3. The van der Waals surface area contributed by atoms with Gasteiger partial charge in [0.05, 0.1) is 18.8 Å². The predicted molar refractivity (Wildman–Crippen MR) is 130 cm³/mol. The Bertz CT molecular complexity index is 1140. The summed E-state index contributed by atoms with van der Waals surface area (Å²) in [6.07, 6.45) is -1.31. The highest BCUT2D eigenvalue weighted by atomic mass is 19.4. The van der Waals surface area contributed by atoms with Crippen molar-refractivity contribution in [2.75, 3.05) is 57.6 Å². The number of methoxy groups -OCH3 is 1. The molecule has 13 heteroatoms. The summed E-state index contributed by atoms with van der Waals surface area (Å²) in [7, 11) is 3.60. The Morgan fingerprint density at radius 1 is 1.17 bits per heavy atom. The quantitative estimate of drug-likeness (QED) is 0.322. The summed E-state index contributed by atoms with van der Waals surface area (Å²) >= 11 is 0. The Kier molecular flexibility index (Phi) is 9.19. The van der Waals surface area contributed by atoms with Crippen molar-refractivity contribution >= 4 is 17.4 Å². The van der Waals surface area contributed by atoms with E-state index in [9.17, 15) is 18.0 Å². The van der Waals surface area contributed by atoms with Crippen molar-refractivity contribution in [1.29, 1.82) is 0 Å². The number of aromatic nitrogens is 4. The van der Waals surface area contributed by atoms with Crippen molar-refractivity contribution in [3.05, 3.63) is 48.5 Å². The van der Waals surface area contributed by atoms with Gasteiger partial charge in [-0.3, -0.25) is 14.7 Å². The Morgan fingerprint density at radius 3 is 2.61 bits per heavy atom. The Hall–Kier alpha value is -3.71. The lowest BCUT2D eigenvalue weighted by Crippen LogP contribution is -2.37. The van der Waals surface area contributed by atoms with Gasteiger partial charge in [0, 0.05) is 56.0 Å². The first kappa shape index (κ1) is 26.9. The zero-order chi connectivity index (χ0) is 26.1. The number of ether oxygens (including phenoxy) is 1. The molecule has 0 saturated heterocycles. The fourth-order valence-corrected chi connectivity index (χ4v) is 3.21. The van der Waals surface area contributed by atoms with Crippen LogP contribution in [0.5, 0.6) is 0 Å². The zero-order valence-corrected chi connectivity index (χ0v) is 20.3. The molecule has 0 saturated carbocycles. The molecule has 2 heterocycles. The second-order valence-corrected chi connectivity index (χ2v) is 8.06. The minimum Gasteiger partial charge on any atom is -0.383 e. The van der Waals surface area contributed by atoms with Crippen LogP contribution >= 0.6 is 0 Å². The van der Waals surface area contributed by atoms with Crippen LogP contribution in [0.1, 0.15) is 5.69 Å². The number of halogens is 3. The smallest absolute Gasteiger partial charge is 0.383 e. The van der Waals surface area contributed by atoms with Gasteiger partial charge in [-0.05, 0) is 26.1 Å². The molecular formula is C23H29F3N8O2. The molecule has 0 radical (unpaired) electrons. The number of alkyl halides is 3. The van der Waals surface area contributed by atoms with Gasteiger partial charge in [0.1, 0.15) is 12.1 Å². The number of nitrogens with zero attached hydrogens (tertiary/aromatic N) is 5. The maximum absolute atomic E-state index is 12.5. The van der Waals surface area contributed by atoms with Crippen LogP contribution in [0.15, 0.2) is 42.9 Å². The van der Waals surface area contributed by atoms with Crippen LogP contribution in [0.2, 0.25) is 0 Å². The van der Waals surface area contributed by atoms with Crippen LogP contribution in [0, 0.1) is 6.92 Å². The summed E-state index contributed by atoms with van der Waals surface area (Å²) in [5.74, 6) is 0.649. The first-order valence-corrected chi connectivity index (χ1v) is 11.2. The molecule has 0 fully saturated rings. The average molecular weight is 507 g/mol. The number of benzene rings is 1. The van der Waals surface area contributed by atoms with E-state index in [1.807, 2.05) is 7.05 Å². The number of imidazole rings is 1. The van der Waals surface area contributed by atoms with Crippen molar-refractivity contribution in [3.8, 4) is 17.2 Å². The van der Waals surface area contributed by atoms with Gasteiger partial charge in [-0.15, -0.1) is 0 Å². The standard InChI is InChI=1S/C23H29F3N8O2/c1-16-12-20(28-13-21(35)27-8-9-33(2)10-11-36-3)31-22(30-16)34-14-19(29-15-34)17-4-6-18(7-5-17)32-23(24,25)26/h4-7,12,14-15,32H,8-11,13H2,1-3H3,(H,27,35)(H,28,30,31). The summed E-state index contributed by atoms with van der Waals surface area (Å²) in [5, 5.41) is 7.31. The summed E-state index contributed by atoms with van der Waals surface area (Å²) in [4.78, 5) is 27.4. The second-order valence-electron chi connectivity index (χ2n) is 8.06. The molecule has 3 rings (SSSR count). The van der Waals surface area contributed by atoms with E-state index in [1.54, 1.807) is 43.0 Å². The van der Waals surface area contributed by atoms with E-state index in [0.717, 1.165) is 6.54 Å². The van der Waals surface area contributed by atoms with E-state index in [0.29, 0.717) is 48.4 Å². The number of anilines is 2.